The monoisotopic (exact) mass is 222 g/mol. The Kier molecular flexibility index (Phi) is 4.67. The molecule has 0 aliphatic carbocycles. The van der Waals surface area contributed by atoms with E-state index in [2.05, 4.69) is 5.32 Å². The highest BCUT2D eigenvalue weighted by Crippen LogP contribution is 2.18. The molecule has 0 saturated heterocycles. The number of hydrogen-bond donors (Lipinski definition) is 3. The molecule has 0 heterocycles. The molecule has 3 unspecified atom stereocenters. The molecule has 0 aliphatic rings. The number of carboxylic acids is 1. The molecule has 80 valence electrons. The number of nitrogens with one attached hydrogen (secondary N) is 1. The minimum atomic E-state index is -1.58. The third-order valence-electron chi connectivity index (χ3n) is 1.66. The number of carboxylic acid groups (broad SMARTS) is 1. The molecule has 0 aliphatic heterocycles. The highest BCUT2D eigenvalue weighted by atomic mass is 31.1. The average molecular weight is 222 g/mol. The molecule has 0 spiro atoms. The Hall–Kier alpha value is -1.00. The van der Waals surface area contributed by atoms with Crippen LogP contribution in [0.15, 0.2) is 0 Å². The van der Waals surface area contributed by atoms with Crippen molar-refractivity contribution in [3.63, 3.8) is 0 Å². The van der Waals surface area contributed by atoms with E-state index in [1.165, 1.54) is 13.8 Å². The maximum absolute atomic E-state index is 10.8. The number of aliphatic hydroxyl groups excluding tert-OH is 1. The van der Waals surface area contributed by atoms with Gasteiger partial charge in [0, 0.05) is 6.92 Å². The fraction of sp³-hybridized carbons (Fsp3) is 0.714. The average Bonchev–Trinajstić information content (AvgIpc) is 2.02. The van der Waals surface area contributed by atoms with Crippen LogP contribution in [0.2, 0.25) is 0 Å². The second-order valence-electron chi connectivity index (χ2n) is 3.16. The van der Waals surface area contributed by atoms with E-state index in [1.807, 2.05) is 0 Å². The van der Waals surface area contributed by atoms with Gasteiger partial charge >= 0.3 is 14.4 Å². The molecule has 7 heteroatoms. The second-order valence-corrected chi connectivity index (χ2v) is 4.06. The fourth-order valence-electron chi connectivity index (χ4n) is 1.01. The quantitative estimate of drug-likeness (QED) is 0.554. The minimum absolute atomic E-state index is 0.288. The summed E-state index contributed by atoms with van der Waals surface area (Å²) >= 11 is 0. The summed E-state index contributed by atoms with van der Waals surface area (Å²) in [6, 6.07) is 0. The van der Waals surface area contributed by atoms with Crippen LogP contribution in [0.3, 0.4) is 0 Å². The Bertz CT molecular complexity index is 256. The van der Waals surface area contributed by atoms with Gasteiger partial charge in [-0.05, 0) is 6.92 Å². The Labute approximate surface area is 82.5 Å². The van der Waals surface area contributed by atoms with E-state index >= 15 is 0 Å². The summed E-state index contributed by atoms with van der Waals surface area (Å²) in [5.41, 5.74) is -1.58. The van der Waals surface area contributed by atoms with Gasteiger partial charge in [0.15, 0.2) is 0 Å². The number of rotatable bonds is 5. The SMILES string of the molecule is CC(=O)NC(C)(CC(O)[PH+]=O)C(=O)O. The number of carbonyl (C=O) groups excluding carboxylic acids is 1. The molecular formula is C7H13NO5P+. The molecule has 0 saturated carbocycles. The van der Waals surface area contributed by atoms with Crippen LogP contribution in [0, 0.1) is 0 Å². The van der Waals surface area contributed by atoms with E-state index in [1.54, 1.807) is 0 Å². The van der Waals surface area contributed by atoms with Crippen LogP contribution in [0.5, 0.6) is 0 Å². The van der Waals surface area contributed by atoms with Crippen molar-refractivity contribution in [3.05, 3.63) is 0 Å². The van der Waals surface area contributed by atoms with Crippen molar-refractivity contribution in [2.24, 2.45) is 0 Å². The van der Waals surface area contributed by atoms with E-state index in [0.29, 0.717) is 0 Å². The zero-order valence-corrected chi connectivity index (χ0v) is 8.90. The highest BCUT2D eigenvalue weighted by molar-refractivity contribution is 7.24. The molecule has 3 N–H and O–H groups in total. The fourth-order valence-corrected chi connectivity index (χ4v) is 1.50. The predicted octanol–water partition coefficient (Wildman–Crippen LogP) is -0.302. The van der Waals surface area contributed by atoms with Gasteiger partial charge in [-0.25, -0.2) is 4.79 Å². The van der Waals surface area contributed by atoms with Crippen molar-refractivity contribution < 1.29 is 24.4 Å². The first-order valence-corrected chi connectivity index (χ1v) is 4.88. The van der Waals surface area contributed by atoms with Gasteiger partial charge < -0.3 is 15.5 Å². The topological polar surface area (TPSA) is 104 Å². The van der Waals surface area contributed by atoms with E-state index in [0.717, 1.165) is 0 Å². The van der Waals surface area contributed by atoms with E-state index in [4.69, 9.17) is 10.2 Å². The molecule has 3 atom stereocenters. The molecule has 0 fully saturated rings. The smallest absolute Gasteiger partial charge is 0.356 e. The van der Waals surface area contributed by atoms with E-state index < -0.39 is 31.7 Å². The Morgan fingerprint density at radius 1 is 1.57 bits per heavy atom. The molecule has 0 rings (SSSR count). The lowest BCUT2D eigenvalue weighted by molar-refractivity contribution is -0.147. The van der Waals surface area contributed by atoms with Gasteiger partial charge in [0.2, 0.25) is 5.91 Å². The summed E-state index contributed by atoms with van der Waals surface area (Å²) in [4.78, 5) is 21.5. The molecular weight excluding hydrogens is 209 g/mol. The zero-order chi connectivity index (χ0) is 11.4. The maximum Gasteiger partial charge on any atom is 0.356 e. The summed E-state index contributed by atoms with van der Waals surface area (Å²) < 4.78 is 10.3. The molecule has 1 amide bonds. The van der Waals surface area contributed by atoms with Gasteiger partial charge in [-0.15, -0.1) is 0 Å². The molecule has 0 bridgehead atoms. The largest absolute Gasteiger partial charge is 0.480 e. The summed E-state index contributed by atoms with van der Waals surface area (Å²) in [5.74, 6) is -3.04. The molecule has 0 radical (unpaired) electrons. The maximum atomic E-state index is 10.8. The van der Waals surface area contributed by atoms with Gasteiger partial charge in [0.05, 0.1) is 6.42 Å². The first-order valence-electron chi connectivity index (χ1n) is 3.89. The van der Waals surface area contributed by atoms with Crippen molar-refractivity contribution in [3.8, 4) is 0 Å². The molecule has 14 heavy (non-hydrogen) atoms. The molecule has 0 aromatic heterocycles. The van der Waals surface area contributed by atoms with Crippen molar-refractivity contribution in [1.82, 2.24) is 5.32 Å². The third kappa shape index (κ3) is 3.81. The van der Waals surface area contributed by atoms with E-state index in [9.17, 15) is 14.2 Å². The first kappa shape index (κ1) is 13.0. The first-order chi connectivity index (χ1) is 6.31. The molecule has 0 aromatic rings. The van der Waals surface area contributed by atoms with Crippen LogP contribution < -0.4 is 5.32 Å². The number of carbonyl (C=O) groups is 2. The number of hydrogen-bond acceptors (Lipinski definition) is 4. The normalized spacial score (nSPS) is 17.1. The van der Waals surface area contributed by atoms with E-state index in [-0.39, 0.29) is 6.42 Å². The Morgan fingerprint density at radius 3 is 2.36 bits per heavy atom. The summed E-state index contributed by atoms with van der Waals surface area (Å²) in [6.45, 7) is 2.42. The summed E-state index contributed by atoms with van der Waals surface area (Å²) in [5, 5.41) is 20.0. The standard InChI is InChI=1S/C7H12NO5P/c1-4(9)8-7(2,6(11)12)3-5(10)14-13/h5,10H,3H2,1-2H3,(H,8,9)(H,11,12)/p+1. The van der Waals surface area contributed by atoms with Crippen molar-refractivity contribution >= 4 is 20.3 Å². The van der Waals surface area contributed by atoms with Crippen LogP contribution in [-0.4, -0.2) is 33.5 Å². The van der Waals surface area contributed by atoms with Gasteiger partial charge in [-0.3, -0.25) is 4.79 Å². The number of amides is 1. The highest BCUT2D eigenvalue weighted by Gasteiger charge is 2.38. The lowest BCUT2D eigenvalue weighted by atomic mass is 9.98. The van der Waals surface area contributed by atoms with Crippen molar-refractivity contribution in [1.29, 1.82) is 0 Å². The molecule has 6 nitrogen and oxygen atoms in total. The Balaban J connectivity index is 4.63. The zero-order valence-electron chi connectivity index (χ0n) is 7.90. The number of aliphatic carboxylic acids is 1. The van der Waals surface area contributed by atoms with Gasteiger partial charge in [0.25, 0.3) is 5.85 Å². The van der Waals surface area contributed by atoms with Crippen molar-refractivity contribution in [2.75, 3.05) is 0 Å². The predicted molar refractivity (Wildman–Crippen MR) is 49.5 cm³/mol. The van der Waals surface area contributed by atoms with Crippen LogP contribution >= 0.6 is 8.46 Å². The van der Waals surface area contributed by atoms with Crippen LogP contribution in [0.1, 0.15) is 20.3 Å². The van der Waals surface area contributed by atoms with Gasteiger partial charge in [-0.1, -0.05) is 4.57 Å². The third-order valence-corrected chi connectivity index (χ3v) is 2.14. The minimum Gasteiger partial charge on any atom is -0.480 e. The number of aliphatic hydroxyl groups is 1. The van der Waals surface area contributed by atoms with Gasteiger partial charge in [0.1, 0.15) is 5.54 Å². The van der Waals surface area contributed by atoms with Crippen LogP contribution in [0.4, 0.5) is 0 Å². The second kappa shape index (κ2) is 5.02. The van der Waals surface area contributed by atoms with Crippen molar-refractivity contribution in [2.45, 2.75) is 31.7 Å². The summed E-state index contributed by atoms with van der Waals surface area (Å²) in [6.07, 6.45) is -0.288. The summed E-state index contributed by atoms with van der Waals surface area (Å²) in [7, 11) is -1.01. The van der Waals surface area contributed by atoms with Gasteiger partial charge in [-0.2, -0.15) is 0 Å². The van der Waals surface area contributed by atoms with Crippen LogP contribution in [0.25, 0.3) is 0 Å². The Morgan fingerprint density at radius 2 is 2.07 bits per heavy atom. The lowest BCUT2D eigenvalue weighted by Gasteiger charge is -2.24. The lowest BCUT2D eigenvalue weighted by Crippen LogP contribution is -2.52. The van der Waals surface area contributed by atoms with Crippen LogP contribution in [-0.2, 0) is 14.2 Å². The molecule has 0 aromatic carbocycles.